The number of carbonyl (C=O) groups excluding carboxylic acids is 1. The van der Waals surface area contributed by atoms with Crippen molar-refractivity contribution in [3.05, 3.63) is 17.7 Å². The number of ether oxygens (including phenoxy) is 4. The SMILES string of the molecule is COc1ccc(C(=O)NC[C@@H]2CCNC[C@H]2OC)c2c1OCCCO2. The normalized spacial score (nSPS) is 22.8. The van der Waals surface area contributed by atoms with Crippen LogP contribution < -0.4 is 24.8 Å². The molecule has 2 heterocycles. The van der Waals surface area contributed by atoms with E-state index in [1.807, 2.05) is 0 Å². The van der Waals surface area contributed by atoms with Crippen LogP contribution in [0.5, 0.6) is 17.2 Å². The van der Waals surface area contributed by atoms with Crippen molar-refractivity contribution >= 4 is 5.91 Å². The molecule has 0 radical (unpaired) electrons. The Bertz CT molecular complexity index is 607. The summed E-state index contributed by atoms with van der Waals surface area (Å²) < 4.78 is 22.3. The fraction of sp³-hybridized carbons (Fsp3) is 0.611. The predicted molar refractivity (Wildman–Crippen MR) is 92.7 cm³/mol. The Kier molecular flexibility index (Phi) is 5.99. The Morgan fingerprint density at radius 1 is 1.28 bits per heavy atom. The molecule has 0 saturated carbocycles. The zero-order valence-electron chi connectivity index (χ0n) is 14.8. The van der Waals surface area contributed by atoms with Crippen LogP contribution >= 0.6 is 0 Å². The standard InChI is InChI=1S/C18H26N2O5/c1-22-14-5-4-13(16-17(14)25-9-3-8-24-16)18(21)20-10-12-6-7-19-11-15(12)23-2/h4-5,12,15,19H,3,6-11H2,1-2H3,(H,20,21)/t12-,15+/m0/s1. The zero-order chi connectivity index (χ0) is 17.6. The van der Waals surface area contributed by atoms with Gasteiger partial charge in [0.1, 0.15) is 0 Å². The third kappa shape index (κ3) is 3.99. The van der Waals surface area contributed by atoms with Gasteiger partial charge in [-0.1, -0.05) is 0 Å². The van der Waals surface area contributed by atoms with Gasteiger partial charge in [0.2, 0.25) is 5.75 Å². The molecule has 2 atom stereocenters. The Hall–Kier alpha value is -1.99. The Labute approximate surface area is 148 Å². The van der Waals surface area contributed by atoms with Gasteiger partial charge in [-0.2, -0.15) is 0 Å². The number of piperidine rings is 1. The maximum atomic E-state index is 12.7. The van der Waals surface area contributed by atoms with E-state index in [0.717, 1.165) is 25.9 Å². The third-order valence-electron chi connectivity index (χ3n) is 4.71. The fourth-order valence-electron chi connectivity index (χ4n) is 3.28. The molecule has 1 saturated heterocycles. The molecule has 1 fully saturated rings. The lowest BCUT2D eigenvalue weighted by Crippen LogP contribution is -2.46. The summed E-state index contributed by atoms with van der Waals surface area (Å²) in [6, 6.07) is 3.46. The summed E-state index contributed by atoms with van der Waals surface area (Å²) >= 11 is 0. The van der Waals surface area contributed by atoms with Gasteiger partial charge in [-0.3, -0.25) is 4.79 Å². The molecule has 7 nitrogen and oxygen atoms in total. The van der Waals surface area contributed by atoms with Crippen molar-refractivity contribution in [2.45, 2.75) is 18.9 Å². The first kappa shape index (κ1) is 17.8. The van der Waals surface area contributed by atoms with Crippen LogP contribution in [0.15, 0.2) is 12.1 Å². The molecule has 0 spiro atoms. The summed E-state index contributed by atoms with van der Waals surface area (Å²) in [6.45, 7) is 3.38. The van der Waals surface area contributed by atoms with Crippen LogP contribution in [0.4, 0.5) is 0 Å². The van der Waals surface area contributed by atoms with Crippen LogP contribution in [0, 0.1) is 5.92 Å². The monoisotopic (exact) mass is 350 g/mol. The van der Waals surface area contributed by atoms with Gasteiger partial charge in [0.05, 0.1) is 32.0 Å². The highest BCUT2D eigenvalue weighted by Gasteiger charge is 2.27. The van der Waals surface area contributed by atoms with Crippen molar-refractivity contribution in [2.75, 3.05) is 47.1 Å². The van der Waals surface area contributed by atoms with E-state index in [2.05, 4.69) is 10.6 Å². The lowest BCUT2D eigenvalue weighted by Gasteiger charge is -2.31. The average molecular weight is 350 g/mol. The molecule has 1 aromatic rings. The molecule has 0 unspecified atom stereocenters. The van der Waals surface area contributed by atoms with Crippen molar-refractivity contribution < 1.29 is 23.7 Å². The molecule has 2 N–H and O–H groups in total. The molecular weight excluding hydrogens is 324 g/mol. The quantitative estimate of drug-likeness (QED) is 0.831. The van der Waals surface area contributed by atoms with E-state index < -0.39 is 0 Å². The minimum Gasteiger partial charge on any atom is -0.493 e. The molecule has 138 valence electrons. The number of benzene rings is 1. The van der Waals surface area contributed by atoms with Gasteiger partial charge in [0.15, 0.2) is 11.5 Å². The molecule has 3 rings (SSSR count). The maximum absolute atomic E-state index is 12.7. The van der Waals surface area contributed by atoms with Gasteiger partial charge in [0, 0.05) is 32.5 Å². The summed E-state index contributed by atoms with van der Waals surface area (Å²) in [5.74, 6) is 1.67. The van der Waals surface area contributed by atoms with Gasteiger partial charge >= 0.3 is 0 Å². The van der Waals surface area contributed by atoms with Gasteiger partial charge in [0.25, 0.3) is 5.91 Å². The predicted octanol–water partition coefficient (Wildman–Crippen LogP) is 1.21. The van der Waals surface area contributed by atoms with Gasteiger partial charge in [-0.05, 0) is 25.1 Å². The molecule has 0 bridgehead atoms. The fourth-order valence-corrected chi connectivity index (χ4v) is 3.28. The number of hydrogen-bond donors (Lipinski definition) is 2. The zero-order valence-corrected chi connectivity index (χ0v) is 14.8. The number of amides is 1. The van der Waals surface area contributed by atoms with E-state index in [1.165, 1.54) is 0 Å². The van der Waals surface area contributed by atoms with E-state index in [0.29, 0.717) is 48.5 Å². The first-order chi connectivity index (χ1) is 12.2. The summed E-state index contributed by atoms with van der Waals surface area (Å²) in [4.78, 5) is 12.7. The van der Waals surface area contributed by atoms with Crippen LogP contribution in [0.3, 0.4) is 0 Å². The second kappa shape index (κ2) is 8.40. The molecule has 25 heavy (non-hydrogen) atoms. The molecule has 0 aliphatic carbocycles. The first-order valence-corrected chi connectivity index (χ1v) is 8.73. The van der Waals surface area contributed by atoms with Crippen LogP contribution in [0.1, 0.15) is 23.2 Å². The van der Waals surface area contributed by atoms with Crippen molar-refractivity contribution in [3.8, 4) is 17.2 Å². The molecule has 2 aliphatic rings. The summed E-state index contributed by atoms with van der Waals surface area (Å²) in [5.41, 5.74) is 0.473. The number of hydrogen-bond acceptors (Lipinski definition) is 6. The highest BCUT2D eigenvalue weighted by atomic mass is 16.5. The third-order valence-corrected chi connectivity index (χ3v) is 4.71. The van der Waals surface area contributed by atoms with Crippen molar-refractivity contribution in [3.63, 3.8) is 0 Å². The second-order valence-corrected chi connectivity index (χ2v) is 6.26. The lowest BCUT2D eigenvalue weighted by atomic mass is 9.95. The smallest absolute Gasteiger partial charge is 0.255 e. The van der Waals surface area contributed by atoms with Gasteiger partial charge in [-0.25, -0.2) is 0 Å². The van der Waals surface area contributed by atoms with E-state index >= 15 is 0 Å². The summed E-state index contributed by atoms with van der Waals surface area (Å²) in [7, 11) is 3.28. The molecule has 2 aliphatic heterocycles. The highest BCUT2D eigenvalue weighted by Crippen LogP contribution is 2.41. The largest absolute Gasteiger partial charge is 0.493 e. The van der Waals surface area contributed by atoms with Crippen LogP contribution in [0.2, 0.25) is 0 Å². The van der Waals surface area contributed by atoms with Gasteiger partial charge < -0.3 is 29.6 Å². The minimum absolute atomic E-state index is 0.113. The minimum atomic E-state index is -0.169. The summed E-state index contributed by atoms with van der Waals surface area (Å²) in [6.07, 6.45) is 1.85. The van der Waals surface area contributed by atoms with E-state index in [1.54, 1.807) is 26.4 Å². The number of fused-ring (bicyclic) bond motifs is 1. The van der Waals surface area contributed by atoms with Crippen LogP contribution in [0.25, 0.3) is 0 Å². The molecule has 1 aromatic carbocycles. The van der Waals surface area contributed by atoms with E-state index in [9.17, 15) is 4.79 Å². The Balaban J connectivity index is 1.73. The average Bonchev–Trinajstić information content (AvgIpc) is 2.91. The first-order valence-electron chi connectivity index (χ1n) is 8.73. The summed E-state index contributed by atoms with van der Waals surface area (Å²) in [5, 5.41) is 6.33. The molecule has 1 amide bonds. The van der Waals surface area contributed by atoms with Crippen molar-refractivity contribution in [1.29, 1.82) is 0 Å². The van der Waals surface area contributed by atoms with Gasteiger partial charge in [-0.15, -0.1) is 0 Å². The number of carbonyl (C=O) groups is 1. The van der Waals surface area contributed by atoms with Crippen LogP contribution in [-0.2, 0) is 4.74 Å². The van der Waals surface area contributed by atoms with Crippen molar-refractivity contribution in [2.24, 2.45) is 5.92 Å². The highest BCUT2D eigenvalue weighted by molar-refractivity contribution is 5.98. The van der Waals surface area contributed by atoms with E-state index in [4.69, 9.17) is 18.9 Å². The lowest BCUT2D eigenvalue weighted by molar-refractivity contribution is 0.0338. The molecule has 7 heteroatoms. The topological polar surface area (TPSA) is 78.1 Å². The number of nitrogens with one attached hydrogen (secondary N) is 2. The number of methoxy groups -OCH3 is 2. The van der Waals surface area contributed by atoms with E-state index in [-0.39, 0.29) is 12.0 Å². The second-order valence-electron chi connectivity index (χ2n) is 6.26. The molecular formula is C18H26N2O5. The number of rotatable bonds is 5. The molecule has 0 aromatic heterocycles. The Morgan fingerprint density at radius 3 is 2.84 bits per heavy atom. The Morgan fingerprint density at radius 2 is 2.08 bits per heavy atom. The maximum Gasteiger partial charge on any atom is 0.255 e. The van der Waals surface area contributed by atoms with Crippen LogP contribution in [-0.4, -0.2) is 59.1 Å². The van der Waals surface area contributed by atoms with Crippen molar-refractivity contribution in [1.82, 2.24) is 10.6 Å².